The molecule has 4 fully saturated rings. The Morgan fingerprint density at radius 1 is 0.667 bits per heavy atom. The van der Waals surface area contributed by atoms with Crippen LogP contribution >= 0.6 is 0 Å². The standard InChI is InChI=1S/C31H28N4O/c36-31(30-19-8-17-7-18(10-19)11-20(30)9-17)28-15-27-14-25-4-3-23(33-25)12-21-1-2-22(32-21)13-24-5-6-26(34-24)16-29(28)35-27/h1-6,12-20,30,35-36H,7-11H2. The van der Waals surface area contributed by atoms with Crippen molar-refractivity contribution in [2.24, 2.45) is 44.6 Å². The van der Waals surface area contributed by atoms with Crippen molar-refractivity contribution in [1.82, 2.24) is 4.98 Å². The van der Waals surface area contributed by atoms with Gasteiger partial charge in [0.05, 0.1) is 39.6 Å². The van der Waals surface area contributed by atoms with E-state index in [2.05, 4.69) is 28.2 Å². The van der Waals surface area contributed by atoms with Crippen molar-refractivity contribution in [2.75, 3.05) is 0 Å². The lowest BCUT2D eigenvalue weighted by molar-refractivity contribution is -0.0210. The first-order valence-electron chi connectivity index (χ1n) is 13.2. The number of hydrogen-bond acceptors (Lipinski definition) is 4. The van der Waals surface area contributed by atoms with E-state index in [1.165, 1.54) is 32.1 Å². The fourth-order valence-corrected chi connectivity index (χ4v) is 7.72. The maximum Gasteiger partial charge on any atom is 0.105 e. The van der Waals surface area contributed by atoms with Crippen LogP contribution < -0.4 is 10.6 Å². The second kappa shape index (κ2) is 7.63. The number of aliphatic hydroxyl groups is 1. The molecule has 5 heteroatoms. The first-order valence-corrected chi connectivity index (χ1v) is 13.2. The van der Waals surface area contributed by atoms with E-state index in [9.17, 15) is 5.11 Å². The summed E-state index contributed by atoms with van der Waals surface area (Å²) in [6.07, 6.45) is 26.7. The first kappa shape index (κ1) is 20.5. The molecule has 0 saturated heterocycles. The zero-order chi connectivity index (χ0) is 23.8. The van der Waals surface area contributed by atoms with Crippen molar-refractivity contribution in [3.05, 3.63) is 88.0 Å². The fourth-order valence-electron chi connectivity index (χ4n) is 7.72. The summed E-state index contributed by atoms with van der Waals surface area (Å²) in [6, 6.07) is 2.10. The van der Waals surface area contributed by atoms with Gasteiger partial charge in [-0.25, -0.2) is 15.0 Å². The highest BCUT2D eigenvalue weighted by molar-refractivity contribution is 6.20. The molecule has 0 radical (unpaired) electrons. The van der Waals surface area contributed by atoms with Gasteiger partial charge in [-0.1, -0.05) is 0 Å². The third kappa shape index (κ3) is 3.41. The van der Waals surface area contributed by atoms with Gasteiger partial charge in [-0.3, -0.25) is 0 Å². The number of rotatable bonds is 1. The number of fused-ring (bicyclic) bond motifs is 5. The molecular weight excluding hydrogens is 444 g/mol. The van der Waals surface area contributed by atoms with E-state index in [1.807, 2.05) is 48.6 Å². The summed E-state index contributed by atoms with van der Waals surface area (Å²) in [5.41, 5.74) is 6.22. The van der Waals surface area contributed by atoms with Gasteiger partial charge in [0.25, 0.3) is 0 Å². The molecule has 36 heavy (non-hydrogen) atoms. The minimum Gasteiger partial charge on any atom is -0.511 e. The lowest BCUT2D eigenvalue weighted by Gasteiger charge is -2.54. The summed E-state index contributed by atoms with van der Waals surface area (Å²) in [6.45, 7) is 0. The molecule has 178 valence electrons. The molecule has 1 aromatic heterocycles. The minimum atomic E-state index is 0.273. The highest BCUT2D eigenvalue weighted by Crippen LogP contribution is 2.58. The average molecular weight is 473 g/mol. The van der Waals surface area contributed by atoms with Gasteiger partial charge in [-0.05, 0) is 123 Å². The van der Waals surface area contributed by atoms with E-state index in [0.717, 1.165) is 62.3 Å². The van der Waals surface area contributed by atoms with E-state index in [-0.39, 0.29) is 5.92 Å². The van der Waals surface area contributed by atoms with Crippen LogP contribution in [0.4, 0.5) is 0 Å². The quantitative estimate of drug-likeness (QED) is 0.612. The van der Waals surface area contributed by atoms with Crippen molar-refractivity contribution in [3.8, 4) is 0 Å². The molecule has 4 aliphatic heterocycles. The molecule has 1 aromatic rings. The van der Waals surface area contributed by atoms with Crippen molar-refractivity contribution >= 4 is 35.0 Å². The van der Waals surface area contributed by atoms with Gasteiger partial charge < -0.3 is 10.1 Å². The van der Waals surface area contributed by atoms with Crippen LogP contribution in [0.3, 0.4) is 0 Å². The predicted octanol–water partition coefficient (Wildman–Crippen LogP) is 4.69. The Kier molecular flexibility index (Phi) is 4.34. The molecule has 0 amide bonds. The van der Waals surface area contributed by atoms with Gasteiger partial charge in [-0.15, -0.1) is 0 Å². The molecule has 0 atom stereocenters. The van der Waals surface area contributed by atoms with Crippen LogP contribution in [0.5, 0.6) is 0 Å². The molecule has 8 aliphatic rings. The van der Waals surface area contributed by atoms with Crippen LogP contribution in [-0.2, 0) is 0 Å². The average Bonchev–Trinajstić information content (AvgIpc) is 3.63. The minimum absolute atomic E-state index is 0.273. The van der Waals surface area contributed by atoms with Crippen LogP contribution in [0.15, 0.2) is 86.7 Å². The van der Waals surface area contributed by atoms with Gasteiger partial charge >= 0.3 is 0 Å². The fraction of sp³-hybridized carbons (Fsp3) is 0.323. The van der Waals surface area contributed by atoms with E-state index in [4.69, 9.17) is 9.98 Å². The van der Waals surface area contributed by atoms with Gasteiger partial charge in [0, 0.05) is 16.8 Å². The highest BCUT2D eigenvalue weighted by Gasteiger charge is 2.49. The molecule has 5 nitrogen and oxygen atoms in total. The zero-order valence-electron chi connectivity index (χ0n) is 20.1. The zero-order valence-corrected chi connectivity index (χ0v) is 20.1. The normalized spacial score (nSPS) is 33.6. The summed E-state index contributed by atoms with van der Waals surface area (Å²) < 4.78 is 0. The number of aromatic amines is 1. The number of nitrogens with one attached hydrogen (secondary N) is 1. The number of aliphatic imine (C=N–C) groups is 3. The molecule has 5 heterocycles. The van der Waals surface area contributed by atoms with Crippen LogP contribution in [0.2, 0.25) is 0 Å². The Hall–Kier alpha value is -3.73. The Morgan fingerprint density at radius 2 is 1.19 bits per heavy atom. The largest absolute Gasteiger partial charge is 0.511 e. The number of H-pyrrole nitrogens is 1. The van der Waals surface area contributed by atoms with Crippen LogP contribution in [0.1, 0.15) is 37.8 Å². The third-order valence-corrected chi connectivity index (χ3v) is 8.92. The Morgan fingerprint density at radius 3 is 1.78 bits per heavy atom. The third-order valence-electron chi connectivity index (χ3n) is 8.92. The topological polar surface area (TPSA) is 73.1 Å². The molecule has 9 rings (SSSR count). The molecule has 4 saturated carbocycles. The predicted molar refractivity (Wildman–Crippen MR) is 145 cm³/mol. The van der Waals surface area contributed by atoms with Crippen molar-refractivity contribution < 1.29 is 5.11 Å². The van der Waals surface area contributed by atoms with E-state index >= 15 is 0 Å². The van der Waals surface area contributed by atoms with Gasteiger partial charge in [0.15, 0.2) is 0 Å². The van der Waals surface area contributed by atoms with Gasteiger partial charge in [0.1, 0.15) is 5.76 Å². The smallest absolute Gasteiger partial charge is 0.105 e. The number of aliphatic hydroxyl groups excluding tert-OH is 1. The maximum atomic E-state index is 11.8. The van der Waals surface area contributed by atoms with Crippen molar-refractivity contribution in [1.29, 1.82) is 0 Å². The summed E-state index contributed by atoms with van der Waals surface area (Å²) in [5, 5.41) is 13.6. The molecule has 0 unspecified atom stereocenters. The molecule has 0 aromatic carbocycles. The molecule has 2 N–H and O–H groups in total. The van der Waals surface area contributed by atoms with Crippen molar-refractivity contribution in [3.63, 3.8) is 0 Å². The number of aromatic nitrogens is 1. The van der Waals surface area contributed by atoms with E-state index in [0.29, 0.717) is 17.6 Å². The molecule has 12 bridgehead atoms. The summed E-state index contributed by atoms with van der Waals surface area (Å²) >= 11 is 0. The summed E-state index contributed by atoms with van der Waals surface area (Å²) in [7, 11) is 0. The maximum absolute atomic E-state index is 11.8. The SMILES string of the molecule is OC(=c1cc2[nH]c1=CC1=NC(=CC3=NC(=CC4=NC(=C2)C=C4)C=C3)C=C1)C1C2CC3CC(C2)CC1C3. The Balaban J connectivity index is 1.30. The van der Waals surface area contributed by atoms with E-state index in [1.54, 1.807) is 0 Å². The molecular formula is C31H28N4O. The van der Waals surface area contributed by atoms with Crippen LogP contribution in [0, 0.1) is 29.6 Å². The summed E-state index contributed by atoms with van der Waals surface area (Å²) in [4.78, 5) is 17.8. The number of nitrogens with zero attached hydrogens (tertiary/aromatic N) is 3. The second-order valence-corrected chi connectivity index (χ2v) is 11.4. The Bertz CT molecular complexity index is 1570. The first-order chi connectivity index (χ1) is 17.6. The monoisotopic (exact) mass is 472 g/mol. The Labute approximate surface area is 209 Å². The number of hydrogen-bond donors (Lipinski definition) is 2. The lowest BCUT2D eigenvalue weighted by atomic mass is 9.51. The summed E-state index contributed by atoms with van der Waals surface area (Å²) in [5.74, 6) is 3.84. The molecule has 0 spiro atoms. The van der Waals surface area contributed by atoms with Crippen LogP contribution in [0.25, 0.3) is 17.9 Å². The van der Waals surface area contributed by atoms with Crippen LogP contribution in [-0.4, -0.2) is 27.2 Å². The second-order valence-electron chi connectivity index (χ2n) is 11.4. The highest BCUT2D eigenvalue weighted by atomic mass is 16.3. The molecule has 4 aliphatic carbocycles. The van der Waals surface area contributed by atoms with Gasteiger partial charge in [0.2, 0.25) is 0 Å². The van der Waals surface area contributed by atoms with Crippen molar-refractivity contribution in [2.45, 2.75) is 32.1 Å². The lowest BCUT2D eigenvalue weighted by Crippen LogP contribution is -2.47. The number of allylic oxidation sites excluding steroid dienone is 8. The van der Waals surface area contributed by atoms with E-state index < -0.39 is 0 Å². The van der Waals surface area contributed by atoms with Gasteiger partial charge in [-0.2, -0.15) is 0 Å².